The molecule has 0 atom stereocenters. The number of ether oxygens (including phenoxy) is 2. The Bertz CT molecular complexity index is 1140. The molecule has 0 aliphatic rings. The lowest BCUT2D eigenvalue weighted by molar-refractivity contribution is -0.123. The molecule has 34 heavy (non-hydrogen) atoms. The topological polar surface area (TPSA) is 88.7 Å². The summed E-state index contributed by atoms with van der Waals surface area (Å²) in [7, 11) is 0. The summed E-state index contributed by atoms with van der Waals surface area (Å²) in [6.07, 6.45) is 0. The van der Waals surface area contributed by atoms with Gasteiger partial charge in [-0.1, -0.05) is 74.5 Å². The van der Waals surface area contributed by atoms with Crippen molar-refractivity contribution in [3.8, 4) is 22.6 Å². The van der Waals surface area contributed by atoms with Crippen molar-refractivity contribution in [3.05, 3.63) is 84.4 Å². The summed E-state index contributed by atoms with van der Waals surface area (Å²) < 4.78 is 11.4. The first kappa shape index (κ1) is 24.7. The zero-order valence-electron chi connectivity index (χ0n) is 19.0. The monoisotopic (exact) mass is 477 g/mol. The van der Waals surface area contributed by atoms with Crippen LogP contribution in [0.15, 0.2) is 78.9 Å². The SMILES string of the molecule is CC(C)COc1ccccc1C(=O)NC(=S)NNC(=O)COc1ccccc1-c1ccccc1. The normalized spacial score (nSPS) is 10.3. The van der Waals surface area contributed by atoms with Gasteiger partial charge in [-0.25, -0.2) is 0 Å². The van der Waals surface area contributed by atoms with Gasteiger partial charge < -0.3 is 9.47 Å². The first-order chi connectivity index (χ1) is 16.4. The van der Waals surface area contributed by atoms with E-state index in [4.69, 9.17) is 21.7 Å². The third kappa shape index (κ3) is 7.31. The van der Waals surface area contributed by atoms with E-state index in [0.29, 0.717) is 29.6 Å². The Hall–Kier alpha value is -3.91. The molecule has 0 heterocycles. The van der Waals surface area contributed by atoms with E-state index in [1.54, 1.807) is 30.3 Å². The molecule has 0 bridgehead atoms. The van der Waals surface area contributed by atoms with Crippen LogP contribution in [0.2, 0.25) is 0 Å². The Labute approximate surface area is 204 Å². The van der Waals surface area contributed by atoms with Crippen LogP contribution in [0.4, 0.5) is 0 Å². The molecule has 3 aromatic carbocycles. The van der Waals surface area contributed by atoms with Crippen LogP contribution in [-0.2, 0) is 4.79 Å². The zero-order chi connectivity index (χ0) is 24.3. The number of carbonyl (C=O) groups excluding carboxylic acids is 2. The van der Waals surface area contributed by atoms with Crippen molar-refractivity contribution in [2.24, 2.45) is 5.92 Å². The molecule has 0 fully saturated rings. The van der Waals surface area contributed by atoms with E-state index in [9.17, 15) is 9.59 Å². The van der Waals surface area contributed by atoms with Crippen LogP contribution in [0.3, 0.4) is 0 Å². The molecule has 0 aliphatic heterocycles. The van der Waals surface area contributed by atoms with Gasteiger partial charge >= 0.3 is 0 Å². The Morgan fingerprint density at radius 2 is 1.47 bits per heavy atom. The summed E-state index contributed by atoms with van der Waals surface area (Å²) in [5.41, 5.74) is 7.15. The maximum Gasteiger partial charge on any atom is 0.276 e. The lowest BCUT2D eigenvalue weighted by atomic mass is 10.1. The van der Waals surface area contributed by atoms with E-state index in [2.05, 4.69) is 16.2 Å². The molecule has 0 aromatic heterocycles. The molecule has 3 N–H and O–H groups in total. The third-order valence-electron chi connectivity index (χ3n) is 4.58. The summed E-state index contributed by atoms with van der Waals surface area (Å²) in [6.45, 7) is 4.29. The highest BCUT2D eigenvalue weighted by molar-refractivity contribution is 7.80. The van der Waals surface area contributed by atoms with Gasteiger partial charge in [-0.05, 0) is 41.9 Å². The zero-order valence-corrected chi connectivity index (χ0v) is 19.9. The van der Waals surface area contributed by atoms with Gasteiger partial charge in [0, 0.05) is 5.56 Å². The molecule has 3 aromatic rings. The standard InChI is InChI=1S/C26H27N3O4S/c1-18(2)16-32-23-15-9-7-13-21(23)25(31)27-26(34)29-28-24(30)17-33-22-14-8-6-12-20(22)19-10-4-3-5-11-19/h3-15,18H,16-17H2,1-2H3,(H,28,30)(H2,27,29,31,34). The molecule has 0 unspecified atom stereocenters. The van der Waals surface area contributed by atoms with Crippen LogP contribution in [0, 0.1) is 5.92 Å². The number of nitrogens with one attached hydrogen (secondary N) is 3. The molecule has 176 valence electrons. The minimum atomic E-state index is -0.458. The number of benzene rings is 3. The fourth-order valence-electron chi connectivity index (χ4n) is 2.99. The van der Waals surface area contributed by atoms with Crippen molar-refractivity contribution in [1.82, 2.24) is 16.2 Å². The minimum Gasteiger partial charge on any atom is -0.492 e. The second kappa shape index (κ2) is 12.4. The smallest absolute Gasteiger partial charge is 0.276 e. The summed E-state index contributed by atoms with van der Waals surface area (Å²) >= 11 is 5.12. The molecular formula is C26H27N3O4S. The van der Waals surface area contributed by atoms with Gasteiger partial charge in [0.05, 0.1) is 12.2 Å². The minimum absolute atomic E-state index is 0.0540. The van der Waals surface area contributed by atoms with Crippen LogP contribution in [0.25, 0.3) is 11.1 Å². The maximum atomic E-state index is 12.6. The van der Waals surface area contributed by atoms with E-state index in [1.165, 1.54) is 0 Å². The summed E-state index contributed by atoms with van der Waals surface area (Å²) in [6, 6.07) is 24.1. The highest BCUT2D eigenvalue weighted by Gasteiger charge is 2.14. The molecule has 7 nitrogen and oxygen atoms in total. The van der Waals surface area contributed by atoms with Crippen LogP contribution in [0.5, 0.6) is 11.5 Å². The average molecular weight is 478 g/mol. The Morgan fingerprint density at radius 3 is 2.21 bits per heavy atom. The number of para-hydroxylation sites is 2. The van der Waals surface area contributed by atoms with E-state index < -0.39 is 11.8 Å². The fourth-order valence-corrected chi connectivity index (χ4v) is 3.14. The summed E-state index contributed by atoms with van der Waals surface area (Å²) in [4.78, 5) is 24.8. The predicted molar refractivity (Wildman–Crippen MR) is 135 cm³/mol. The molecule has 0 saturated heterocycles. The maximum absolute atomic E-state index is 12.6. The van der Waals surface area contributed by atoms with Gasteiger partial charge in [0.15, 0.2) is 11.7 Å². The van der Waals surface area contributed by atoms with E-state index in [1.807, 2.05) is 62.4 Å². The first-order valence-corrected chi connectivity index (χ1v) is 11.2. The van der Waals surface area contributed by atoms with Crippen LogP contribution < -0.4 is 25.6 Å². The number of rotatable bonds is 8. The second-order valence-electron chi connectivity index (χ2n) is 7.81. The van der Waals surface area contributed by atoms with Crippen molar-refractivity contribution in [3.63, 3.8) is 0 Å². The summed E-state index contributed by atoms with van der Waals surface area (Å²) in [5.74, 6) is 0.457. The fraction of sp³-hybridized carbons (Fsp3) is 0.192. The van der Waals surface area contributed by atoms with Crippen molar-refractivity contribution < 1.29 is 19.1 Å². The van der Waals surface area contributed by atoms with Gasteiger partial charge in [-0.15, -0.1) is 0 Å². The number of hydrogen-bond acceptors (Lipinski definition) is 5. The third-order valence-corrected chi connectivity index (χ3v) is 4.78. The molecule has 0 radical (unpaired) electrons. The van der Waals surface area contributed by atoms with Gasteiger partial charge in [0.1, 0.15) is 11.5 Å². The number of carbonyl (C=O) groups is 2. The molecule has 0 spiro atoms. The average Bonchev–Trinajstić information content (AvgIpc) is 2.85. The van der Waals surface area contributed by atoms with Gasteiger partial charge in [0.25, 0.3) is 11.8 Å². The molecule has 3 rings (SSSR count). The second-order valence-corrected chi connectivity index (χ2v) is 8.22. The molecule has 0 aliphatic carbocycles. The van der Waals surface area contributed by atoms with E-state index in [0.717, 1.165) is 11.1 Å². The molecular weight excluding hydrogens is 450 g/mol. The van der Waals surface area contributed by atoms with Crippen LogP contribution >= 0.6 is 12.2 Å². The van der Waals surface area contributed by atoms with Crippen LogP contribution in [0.1, 0.15) is 24.2 Å². The predicted octanol–water partition coefficient (Wildman–Crippen LogP) is 4.10. The Morgan fingerprint density at radius 1 is 0.824 bits per heavy atom. The lowest BCUT2D eigenvalue weighted by Crippen LogP contribution is -2.49. The van der Waals surface area contributed by atoms with Crippen molar-refractivity contribution >= 4 is 29.1 Å². The quantitative estimate of drug-likeness (QED) is 0.334. The Kier molecular flexibility index (Phi) is 8.99. The Balaban J connectivity index is 1.49. The van der Waals surface area contributed by atoms with Crippen molar-refractivity contribution in [1.29, 1.82) is 0 Å². The largest absolute Gasteiger partial charge is 0.492 e. The van der Waals surface area contributed by atoms with Crippen molar-refractivity contribution in [2.75, 3.05) is 13.2 Å². The van der Waals surface area contributed by atoms with E-state index in [-0.39, 0.29) is 11.7 Å². The van der Waals surface area contributed by atoms with Crippen molar-refractivity contribution in [2.45, 2.75) is 13.8 Å². The molecule has 2 amide bonds. The van der Waals surface area contributed by atoms with E-state index >= 15 is 0 Å². The number of thiocarbonyl (C=S) groups is 1. The number of hydrazine groups is 1. The highest BCUT2D eigenvalue weighted by atomic mass is 32.1. The van der Waals surface area contributed by atoms with Gasteiger partial charge in [-0.3, -0.25) is 25.8 Å². The molecule has 0 saturated carbocycles. The lowest BCUT2D eigenvalue weighted by Gasteiger charge is -2.15. The first-order valence-electron chi connectivity index (χ1n) is 10.8. The number of hydrogen-bond donors (Lipinski definition) is 3. The van der Waals surface area contributed by atoms with Crippen LogP contribution in [-0.4, -0.2) is 30.1 Å². The van der Waals surface area contributed by atoms with Gasteiger partial charge in [-0.2, -0.15) is 0 Å². The molecule has 8 heteroatoms. The highest BCUT2D eigenvalue weighted by Crippen LogP contribution is 2.29. The summed E-state index contributed by atoms with van der Waals surface area (Å²) in [5, 5.41) is 2.48. The number of amides is 2. The van der Waals surface area contributed by atoms with Gasteiger partial charge in [0.2, 0.25) is 0 Å².